The first kappa shape index (κ1) is 30.7. The molecule has 0 bridgehead atoms. The molecule has 2 nitrogen and oxygen atoms in total. The molecule has 9 aromatic carbocycles. The number of benzene rings is 9. The number of para-hydroxylation sites is 2. The standard InChI is InChI=1S/C52H36N2/c1-52(48-23-13-12-22-44(48)45-31-37-16-10-11-17-38(37)32-49(45)52)39-25-28-50-46(33-39)47-34-43(27-29-51(47)54(50)41-20-6-3-7-21-41)53(40-18-4-2-5-19-40)42-26-24-35-14-8-9-15-36(35)30-42/h2-34H,1H3. The van der Waals surface area contributed by atoms with Crippen LogP contribution in [0.15, 0.2) is 200 Å². The van der Waals surface area contributed by atoms with Crippen molar-refractivity contribution in [1.82, 2.24) is 4.57 Å². The van der Waals surface area contributed by atoms with Crippen molar-refractivity contribution in [3.05, 3.63) is 217 Å². The summed E-state index contributed by atoms with van der Waals surface area (Å²) in [6.45, 7) is 2.42. The zero-order chi connectivity index (χ0) is 35.8. The molecule has 1 aliphatic carbocycles. The monoisotopic (exact) mass is 688 g/mol. The first-order chi connectivity index (χ1) is 26.6. The lowest BCUT2D eigenvalue weighted by Gasteiger charge is -2.29. The van der Waals surface area contributed by atoms with Crippen LogP contribution in [-0.2, 0) is 5.41 Å². The molecule has 0 N–H and O–H groups in total. The van der Waals surface area contributed by atoms with Gasteiger partial charge in [0.1, 0.15) is 0 Å². The van der Waals surface area contributed by atoms with Crippen molar-refractivity contribution in [2.45, 2.75) is 12.3 Å². The highest BCUT2D eigenvalue weighted by atomic mass is 15.1. The maximum absolute atomic E-state index is 2.48. The van der Waals surface area contributed by atoms with Gasteiger partial charge in [0, 0.05) is 38.9 Å². The Balaban J connectivity index is 1.17. The average molecular weight is 689 g/mol. The Kier molecular flexibility index (Phi) is 6.72. The molecule has 0 radical (unpaired) electrons. The van der Waals surface area contributed by atoms with Gasteiger partial charge in [-0.2, -0.15) is 0 Å². The van der Waals surface area contributed by atoms with E-state index in [-0.39, 0.29) is 5.41 Å². The van der Waals surface area contributed by atoms with E-state index < -0.39 is 0 Å². The van der Waals surface area contributed by atoms with Gasteiger partial charge in [-0.05, 0) is 135 Å². The van der Waals surface area contributed by atoms with Gasteiger partial charge in [-0.3, -0.25) is 0 Å². The summed E-state index contributed by atoms with van der Waals surface area (Å²) in [5.41, 5.74) is 13.2. The van der Waals surface area contributed by atoms with Crippen molar-refractivity contribution >= 4 is 60.4 Å². The van der Waals surface area contributed by atoms with Crippen LogP contribution in [-0.4, -0.2) is 4.57 Å². The Bertz CT molecular complexity index is 3070. The summed E-state index contributed by atoms with van der Waals surface area (Å²) in [6, 6.07) is 73.6. The molecule has 1 aliphatic rings. The molecule has 1 atom stereocenters. The van der Waals surface area contributed by atoms with E-state index in [0.29, 0.717) is 0 Å². The molecule has 0 fully saturated rings. The van der Waals surface area contributed by atoms with Crippen LogP contribution in [0.1, 0.15) is 23.6 Å². The molecule has 254 valence electrons. The van der Waals surface area contributed by atoms with Gasteiger partial charge in [-0.15, -0.1) is 0 Å². The Morgan fingerprint density at radius 1 is 0.389 bits per heavy atom. The first-order valence-corrected chi connectivity index (χ1v) is 18.8. The van der Waals surface area contributed by atoms with Crippen LogP contribution in [0.4, 0.5) is 17.1 Å². The zero-order valence-corrected chi connectivity index (χ0v) is 29.9. The minimum absolute atomic E-state index is 0.329. The second-order valence-electron chi connectivity index (χ2n) is 14.7. The number of hydrogen-bond donors (Lipinski definition) is 0. The summed E-state index contributed by atoms with van der Waals surface area (Å²) in [7, 11) is 0. The van der Waals surface area contributed by atoms with Gasteiger partial charge in [-0.25, -0.2) is 0 Å². The molecular formula is C52H36N2. The predicted octanol–water partition coefficient (Wildman–Crippen LogP) is 13.9. The average Bonchev–Trinajstić information content (AvgIpc) is 3.69. The van der Waals surface area contributed by atoms with Crippen molar-refractivity contribution < 1.29 is 0 Å². The molecule has 0 amide bonds. The lowest BCUT2D eigenvalue weighted by Crippen LogP contribution is -2.22. The number of hydrogen-bond acceptors (Lipinski definition) is 1. The highest BCUT2D eigenvalue weighted by Gasteiger charge is 2.41. The maximum Gasteiger partial charge on any atom is 0.0542 e. The molecule has 0 spiro atoms. The van der Waals surface area contributed by atoms with Gasteiger partial charge in [0.2, 0.25) is 0 Å². The van der Waals surface area contributed by atoms with Crippen molar-refractivity contribution in [3.8, 4) is 16.8 Å². The normalized spacial score (nSPS) is 14.8. The summed E-state index contributed by atoms with van der Waals surface area (Å²) in [4.78, 5) is 2.39. The number of nitrogens with zero attached hydrogens (tertiary/aromatic N) is 2. The highest BCUT2D eigenvalue weighted by Crippen LogP contribution is 2.54. The van der Waals surface area contributed by atoms with Crippen molar-refractivity contribution in [2.75, 3.05) is 4.90 Å². The largest absolute Gasteiger partial charge is 0.310 e. The van der Waals surface area contributed by atoms with Crippen LogP contribution in [0.25, 0.3) is 60.2 Å². The summed E-state index contributed by atoms with van der Waals surface area (Å²) in [5, 5.41) is 7.48. The summed E-state index contributed by atoms with van der Waals surface area (Å²) >= 11 is 0. The molecule has 10 aromatic rings. The van der Waals surface area contributed by atoms with Gasteiger partial charge in [0.25, 0.3) is 0 Å². The van der Waals surface area contributed by atoms with Crippen LogP contribution in [0.5, 0.6) is 0 Å². The van der Waals surface area contributed by atoms with E-state index in [9.17, 15) is 0 Å². The first-order valence-electron chi connectivity index (χ1n) is 18.8. The molecule has 1 heterocycles. The Morgan fingerprint density at radius 2 is 0.963 bits per heavy atom. The molecule has 1 aromatic heterocycles. The Labute approximate surface area is 314 Å². The number of rotatable bonds is 5. The second kappa shape index (κ2) is 11.8. The van der Waals surface area contributed by atoms with Gasteiger partial charge < -0.3 is 9.47 Å². The van der Waals surface area contributed by atoms with Gasteiger partial charge in [0.05, 0.1) is 11.0 Å². The third kappa shape index (κ3) is 4.53. The SMILES string of the molecule is CC1(c2ccc3c(c2)c2cc(N(c4ccccc4)c4ccc5ccccc5c4)ccc2n3-c2ccccc2)c2ccccc2-c2cc3ccccc3cc21. The summed E-state index contributed by atoms with van der Waals surface area (Å²) in [6.07, 6.45) is 0. The minimum Gasteiger partial charge on any atom is -0.310 e. The molecule has 0 saturated heterocycles. The van der Waals surface area contributed by atoms with Gasteiger partial charge in [0.15, 0.2) is 0 Å². The molecule has 2 heteroatoms. The third-order valence-electron chi connectivity index (χ3n) is 11.8. The van der Waals surface area contributed by atoms with Gasteiger partial charge >= 0.3 is 0 Å². The lowest BCUT2D eigenvalue weighted by molar-refractivity contribution is 0.716. The van der Waals surface area contributed by atoms with E-state index >= 15 is 0 Å². The number of aromatic nitrogens is 1. The van der Waals surface area contributed by atoms with Crippen LogP contribution >= 0.6 is 0 Å². The van der Waals surface area contributed by atoms with Crippen LogP contribution in [0.3, 0.4) is 0 Å². The van der Waals surface area contributed by atoms with Gasteiger partial charge in [-0.1, -0.05) is 121 Å². The third-order valence-corrected chi connectivity index (χ3v) is 11.8. The zero-order valence-electron chi connectivity index (χ0n) is 29.9. The van der Waals surface area contributed by atoms with E-state index in [1.807, 2.05) is 0 Å². The fraction of sp³-hybridized carbons (Fsp3) is 0.0385. The maximum atomic E-state index is 2.48. The minimum atomic E-state index is -0.329. The van der Waals surface area contributed by atoms with E-state index in [1.165, 1.54) is 71.2 Å². The Hall–Kier alpha value is -6.90. The molecule has 0 saturated carbocycles. The molecule has 1 unspecified atom stereocenters. The smallest absolute Gasteiger partial charge is 0.0542 e. The number of anilines is 3. The van der Waals surface area contributed by atoms with Crippen molar-refractivity contribution in [3.63, 3.8) is 0 Å². The second-order valence-corrected chi connectivity index (χ2v) is 14.7. The van der Waals surface area contributed by atoms with E-state index in [1.54, 1.807) is 0 Å². The highest BCUT2D eigenvalue weighted by molar-refractivity contribution is 6.11. The fourth-order valence-electron chi connectivity index (χ4n) is 9.14. The molecule has 0 aliphatic heterocycles. The van der Waals surface area contributed by atoms with Crippen LogP contribution in [0, 0.1) is 0 Å². The van der Waals surface area contributed by atoms with Crippen molar-refractivity contribution in [1.29, 1.82) is 0 Å². The fourth-order valence-corrected chi connectivity index (χ4v) is 9.14. The van der Waals surface area contributed by atoms with E-state index in [0.717, 1.165) is 22.7 Å². The van der Waals surface area contributed by atoms with Crippen molar-refractivity contribution in [2.24, 2.45) is 0 Å². The lowest BCUT2D eigenvalue weighted by atomic mass is 9.73. The quantitative estimate of drug-likeness (QED) is 0.175. The topological polar surface area (TPSA) is 8.17 Å². The van der Waals surface area contributed by atoms with Crippen LogP contribution < -0.4 is 4.90 Å². The number of fused-ring (bicyclic) bond motifs is 8. The van der Waals surface area contributed by atoms with E-state index in [4.69, 9.17) is 0 Å². The van der Waals surface area contributed by atoms with Crippen LogP contribution in [0.2, 0.25) is 0 Å². The summed E-state index contributed by atoms with van der Waals surface area (Å²) in [5.74, 6) is 0. The van der Waals surface area contributed by atoms with E-state index in [2.05, 4.69) is 217 Å². The Morgan fingerprint density at radius 3 is 1.74 bits per heavy atom. The summed E-state index contributed by atoms with van der Waals surface area (Å²) < 4.78 is 2.42. The molecular weight excluding hydrogens is 653 g/mol. The molecule has 54 heavy (non-hydrogen) atoms. The molecule has 11 rings (SSSR count). The predicted molar refractivity (Wildman–Crippen MR) is 228 cm³/mol.